The van der Waals surface area contributed by atoms with Gasteiger partial charge in [-0.1, -0.05) is 0 Å². The van der Waals surface area contributed by atoms with Crippen LogP contribution < -0.4 is 11.4 Å². The number of aliphatic hydroxyl groups is 2. The Morgan fingerprint density at radius 2 is 1.88 bits per heavy atom. The van der Waals surface area contributed by atoms with Crippen LogP contribution >= 0.6 is 7.82 Å². The molecule has 16 heteroatoms. The fraction of sp³-hybridized carbons (Fsp3) is 0.500. The van der Waals surface area contributed by atoms with Crippen LogP contribution in [0.15, 0.2) is 17.1 Å². The van der Waals surface area contributed by atoms with Crippen molar-refractivity contribution < 1.29 is 52.9 Å². The summed E-state index contributed by atoms with van der Waals surface area (Å²) in [5.41, 5.74) is 4.21. The standard InChI is InChI=1S/C9H11F2N3O4.CH2O2.H3O4P/c10-9(11)6(16)4(3-15)18-7(9)14-2-1-5(12)13-8(14)17;2-1-3;1-5(2,3)4/h1-2,4,6-7,15-16H,3H2,(H2,12,13,17);1H,(H,2,3);(H3,1,2,3,4)/t4-,6-,7-;;/m1../s1. The zero-order valence-corrected chi connectivity index (χ0v) is 13.6. The van der Waals surface area contributed by atoms with Gasteiger partial charge in [0, 0.05) is 6.20 Å². The number of hydrogen-bond donors (Lipinski definition) is 7. The Hall–Kier alpha value is -2.00. The molecule has 13 nitrogen and oxygen atoms in total. The van der Waals surface area contributed by atoms with Gasteiger partial charge >= 0.3 is 19.4 Å². The monoisotopic (exact) mass is 407 g/mol. The number of rotatable bonds is 2. The number of carbonyl (C=O) groups is 1. The first-order chi connectivity index (χ1) is 11.8. The summed E-state index contributed by atoms with van der Waals surface area (Å²) in [6.45, 7) is -1.04. The summed E-state index contributed by atoms with van der Waals surface area (Å²) in [6.07, 6.45) is -4.69. The third kappa shape index (κ3) is 7.09. The van der Waals surface area contributed by atoms with Crippen molar-refractivity contribution in [1.29, 1.82) is 0 Å². The zero-order chi connectivity index (χ0) is 20.7. The van der Waals surface area contributed by atoms with E-state index in [4.69, 9.17) is 44.7 Å². The topological polar surface area (TPSA) is 226 Å². The molecule has 1 aliphatic heterocycles. The van der Waals surface area contributed by atoms with Gasteiger partial charge in [-0.05, 0) is 6.07 Å². The lowest BCUT2D eigenvalue weighted by molar-refractivity contribution is -0.140. The van der Waals surface area contributed by atoms with Gasteiger partial charge in [0.2, 0.25) is 6.23 Å². The van der Waals surface area contributed by atoms with E-state index >= 15 is 0 Å². The quantitative estimate of drug-likeness (QED) is 0.199. The third-order valence-electron chi connectivity index (χ3n) is 2.66. The number of nitrogens with zero attached hydrogens (tertiary/aromatic N) is 2. The van der Waals surface area contributed by atoms with E-state index in [2.05, 4.69) is 4.98 Å². The number of anilines is 1. The molecule has 1 aromatic rings. The van der Waals surface area contributed by atoms with Gasteiger partial charge < -0.3 is 40.5 Å². The SMILES string of the molecule is Nc1ccn([C@@H]2O[C@H](CO)[C@@H](O)C2(F)F)c(=O)n1.O=CO.O=P(O)(O)O. The second-order valence-corrected chi connectivity index (χ2v) is 5.52. The Morgan fingerprint density at radius 1 is 1.42 bits per heavy atom. The van der Waals surface area contributed by atoms with Crippen LogP contribution in [0.1, 0.15) is 6.23 Å². The minimum absolute atomic E-state index is 0.114. The first-order valence-corrected chi connectivity index (χ1v) is 7.89. The van der Waals surface area contributed by atoms with Gasteiger partial charge in [0.1, 0.15) is 11.9 Å². The molecule has 26 heavy (non-hydrogen) atoms. The normalized spacial score (nSPS) is 23.9. The third-order valence-corrected chi connectivity index (χ3v) is 2.66. The van der Waals surface area contributed by atoms with E-state index in [9.17, 15) is 18.7 Å². The van der Waals surface area contributed by atoms with E-state index in [0.717, 1.165) is 12.3 Å². The Morgan fingerprint density at radius 3 is 2.23 bits per heavy atom. The molecule has 0 spiro atoms. The van der Waals surface area contributed by atoms with Crippen molar-refractivity contribution >= 4 is 20.1 Å². The summed E-state index contributed by atoms with van der Waals surface area (Å²) in [7, 11) is -4.64. The second kappa shape index (κ2) is 9.63. The Balaban J connectivity index is 0.000000663. The van der Waals surface area contributed by atoms with Crippen LogP contribution in [-0.4, -0.2) is 70.8 Å². The second-order valence-electron chi connectivity index (χ2n) is 4.49. The highest BCUT2D eigenvalue weighted by Crippen LogP contribution is 2.41. The zero-order valence-electron chi connectivity index (χ0n) is 12.7. The highest BCUT2D eigenvalue weighted by molar-refractivity contribution is 7.45. The van der Waals surface area contributed by atoms with E-state index in [1.165, 1.54) is 0 Å². The molecule has 8 N–H and O–H groups in total. The summed E-state index contributed by atoms with van der Waals surface area (Å²) in [6, 6.07) is 1.15. The minimum atomic E-state index is -4.64. The van der Waals surface area contributed by atoms with Crippen LogP contribution in [0.25, 0.3) is 0 Å². The highest BCUT2D eigenvalue weighted by atomic mass is 31.2. The van der Waals surface area contributed by atoms with Crippen LogP contribution in [0.3, 0.4) is 0 Å². The summed E-state index contributed by atoms with van der Waals surface area (Å²) in [5.74, 6) is -3.83. The van der Waals surface area contributed by atoms with E-state index in [1.54, 1.807) is 0 Å². The molecule has 0 bridgehead atoms. The fourth-order valence-corrected chi connectivity index (χ4v) is 1.72. The molecule has 1 aromatic heterocycles. The molecule has 2 heterocycles. The van der Waals surface area contributed by atoms with Crippen molar-refractivity contribution in [3.63, 3.8) is 0 Å². The van der Waals surface area contributed by atoms with E-state index < -0.39 is 44.5 Å². The number of nitrogens with two attached hydrogens (primary N) is 1. The number of aromatic nitrogens is 2. The van der Waals surface area contributed by atoms with Crippen LogP contribution in [0, 0.1) is 0 Å². The van der Waals surface area contributed by atoms with Gasteiger partial charge in [0.15, 0.2) is 6.10 Å². The van der Waals surface area contributed by atoms with Gasteiger partial charge in [-0.15, -0.1) is 0 Å². The first-order valence-electron chi connectivity index (χ1n) is 6.32. The lowest BCUT2D eigenvalue weighted by Gasteiger charge is -2.20. The maximum absolute atomic E-state index is 13.7. The number of nitrogen functional groups attached to an aromatic ring is 1. The molecule has 1 aliphatic rings. The molecule has 2 rings (SSSR count). The first kappa shape index (κ1) is 24.0. The number of ether oxygens (including phenoxy) is 1. The number of halogens is 2. The maximum Gasteiger partial charge on any atom is 0.466 e. The number of carboxylic acid groups (broad SMARTS) is 1. The number of aliphatic hydroxyl groups excluding tert-OH is 2. The van der Waals surface area contributed by atoms with Crippen LogP contribution in [0.4, 0.5) is 14.6 Å². The maximum atomic E-state index is 13.7. The number of hydrogen-bond acceptors (Lipinski definition) is 8. The molecule has 150 valence electrons. The van der Waals surface area contributed by atoms with Crippen molar-refractivity contribution in [1.82, 2.24) is 9.55 Å². The van der Waals surface area contributed by atoms with E-state index in [-0.39, 0.29) is 12.3 Å². The highest BCUT2D eigenvalue weighted by Gasteiger charge is 2.59. The number of alkyl halides is 2. The Bertz CT molecular complexity index is 688. The van der Waals surface area contributed by atoms with Gasteiger partial charge in [-0.2, -0.15) is 13.8 Å². The van der Waals surface area contributed by atoms with Crippen molar-refractivity contribution in [2.75, 3.05) is 12.3 Å². The molecule has 0 aromatic carbocycles. The molecular formula is C10H16F2N3O10P. The smallest absolute Gasteiger partial charge is 0.466 e. The van der Waals surface area contributed by atoms with Crippen LogP contribution in [-0.2, 0) is 14.1 Å². The average Bonchev–Trinajstić information content (AvgIpc) is 2.69. The summed E-state index contributed by atoms with van der Waals surface area (Å²) >= 11 is 0. The fourth-order valence-electron chi connectivity index (χ4n) is 1.72. The number of phosphoric acid groups is 1. The lowest BCUT2D eigenvalue weighted by Crippen LogP contribution is -2.41. The summed E-state index contributed by atoms with van der Waals surface area (Å²) in [4.78, 5) is 44.6. The van der Waals surface area contributed by atoms with Crippen molar-refractivity contribution in [3.05, 3.63) is 22.7 Å². The molecule has 0 saturated carbocycles. The summed E-state index contributed by atoms with van der Waals surface area (Å²) < 4.78 is 41.6. The van der Waals surface area contributed by atoms with Crippen molar-refractivity contribution in [2.24, 2.45) is 0 Å². The van der Waals surface area contributed by atoms with Gasteiger partial charge in [-0.3, -0.25) is 9.36 Å². The van der Waals surface area contributed by atoms with Gasteiger partial charge in [0.05, 0.1) is 6.61 Å². The van der Waals surface area contributed by atoms with Gasteiger partial charge in [0.25, 0.3) is 6.47 Å². The summed E-state index contributed by atoms with van der Waals surface area (Å²) in [5, 5.41) is 25.0. The molecule has 0 unspecified atom stereocenters. The van der Waals surface area contributed by atoms with Crippen LogP contribution in [0.2, 0.25) is 0 Å². The molecule has 1 saturated heterocycles. The van der Waals surface area contributed by atoms with Crippen molar-refractivity contribution in [2.45, 2.75) is 24.4 Å². The Labute approximate surface area is 143 Å². The van der Waals surface area contributed by atoms with Crippen LogP contribution in [0.5, 0.6) is 0 Å². The predicted molar refractivity (Wildman–Crippen MR) is 77.8 cm³/mol. The van der Waals surface area contributed by atoms with Gasteiger partial charge in [-0.25, -0.2) is 9.36 Å². The predicted octanol–water partition coefficient (Wildman–Crippen LogP) is -2.52. The molecule has 0 amide bonds. The largest absolute Gasteiger partial charge is 0.483 e. The molecule has 0 aliphatic carbocycles. The molecular weight excluding hydrogens is 391 g/mol. The van der Waals surface area contributed by atoms with E-state index in [1.807, 2.05) is 0 Å². The molecule has 3 atom stereocenters. The Kier molecular flexibility index (Phi) is 8.89. The van der Waals surface area contributed by atoms with Crippen molar-refractivity contribution in [3.8, 4) is 0 Å². The molecule has 1 fully saturated rings. The van der Waals surface area contributed by atoms with E-state index in [0.29, 0.717) is 4.57 Å². The average molecular weight is 407 g/mol. The molecule has 0 radical (unpaired) electrons. The minimum Gasteiger partial charge on any atom is -0.483 e. The lowest BCUT2D eigenvalue weighted by atomic mass is 10.1.